The second-order valence-electron chi connectivity index (χ2n) is 11.5. The van der Waals surface area contributed by atoms with Gasteiger partial charge in [0.05, 0.1) is 12.6 Å². The molecule has 10 nitrogen and oxygen atoms in total. The van der Waals surface area contributed by atoms with Crippen molar-refractivity contribution in [3.63, 3.8) is 0 Å². The van der Waals surface area contributed by atoms with Crippen LogP contribution in [-0.4, -0.2) is 39.7 Å². The summed E-state index contributed by atoms with van der Waals surface area (Å²) in [6.07, 6.45) is 2.01. The van der Waals surface area contributed by atoms with E-state index < -0.39 is 40.6 Å². The van der Waals surface area contributed by atoms with Gasteiger partial charge in [-0.15, -0.1) is 6.58 Å². The number of esters is 1. The first-order chi connectivity index (χ1) is 19.9. The SMILES string of the molecule is C=CCN(C(=O)OCc1ccccc1)c1cnc2n(c1=O)[C@@H](C(=O)Nc1ccccc1)C[C@]2(C)CC(=O)OC(C)(C)C. The van der Waals surface area contributed by atoms with Crippen LogP contribution in [0.1, 0.15) is 58.0 Å². The van der Waals surface area contributed by atoms with Crippen molar-refractivity contribution in [3.8, 4) is 0 Å². The molecule has 42 heavy (non-hydrogen) atoms. The van der Waals surface area contributed by atoms with E-state index in [2.05, 4.69) is 16.9 Å². The standard InChI is InChI=1S/C32H36N4O6/c1-6-17-35(30(40)41-21-22-13-9-7-10-14-22)25-20-33-29-32(5,19-26(37)42-31(2,3)4)18-24(36(29)28(25)39)27(38)34-23-15-11-8-12-16-23/h6-16,20,24H,1,17-19,21H2,2-5H3,(H,34,38)/t24-,32-/m1/s1. The van der Waals surface area contributed by atoms with Crippen molar-refractivity contribution in [1.82, 2.24) is 9.55 Å². The maximum Gasteiger partial charge on any atom is 0.415 e. The zero-order valence-corrected chi connectivity index (χ0v) is 24.3. The Balaban J connectivity index is 1.72. The van der Waals surface area contributed by atoms with Gasteiger partial charge in [-0.25, -0.2) is 9.78 Å². The van der Waals surface area contributed by atoms with Gasteiger partial charge in [0.1, 0.15) is 29.8 Å². The van der Waals surface area contributed by atoms with Crippen LogP contribution in [0.5, 0.6) is 0 Å². The minimum atomic E-state index is -1.00. The second kappa shape index (κ2) is 12.4. The topological polar surface area (TPSA) is 120 Å². The van der Waals surface area contributed by atoms with Crippen LogP contribution in [0.25, 0.3) is 0 Å². The number of nitrogens with one attached hydrogen (secondary N) is 1. The van der Waals surface area contributed by atoms with Gasteiger partial charge in [-0.2, -0.15) is 0 Å². The molecular weight excluding hydrogens is 536 g/mol. The molecule has 2 heterocycles. The molecule has 0 aliphatic carbocycles. The van der Waals surface area contributed by atoms with Gasteiger partial charge >= 0.3 is 12.1 Å². The normalized spacial score (nSPS) is 17.6. The molecule has 4 rings (SSSR count). The number of hydrogen-bond donors (Lipinski definition) is 1. The summed E-state index contributed by atoms with van der Waals surface area (Å²) in [4.78, 5) is 59.4. The highest BCUT2D eigenvalue weighted by molar-refractivity contribution is 5.94. The molecule has 220 valence electrons. The lowest BCUT2D eigenvalue weighted by Gasteiger charge is -2.26. The molecule has 3 aromatic rings. The van der Waals surface area contributed by atoms with E-state index in [1.165, 1.54) is 16.8 Å². The number of carbonyl (C=O) groups excluding carboxylic acids is 3. The second-order valence-corrected chi connectivity index (χ2v) is 11.5. The Morgan fingerprint density at radius 3 is 2.38 bits per heavy atom. The van der Waals surface area contributed by atoms with E-state index in [-0.39, 0.29) is 37.5 Å². The Kier molecular flexibility index (Phi) is 8.94. The molecule has 0 bridgehead atoms. The number of fused-ring (bicyclic) bond motifs is 1. The summed E-state index contributed by atoms with van der Waals surface area (Å²) >= 11 is 0. The molecule has 2 aromatic carbocycles. The fraction of sp³-hybridized carbons (Fsp3) is 0.344. The van der Waals surface area contributed by atoms with E-state index in [0.29, 0.717) is 5.69 Å². The average Bonchev–Trinajstić information content (AvgIpc) is 3.23. The van der Waals surface area contributed by atoms with Gasteiger partial charge in [-0.05, 0) is 44.9 Å². The molecule has 1 aliphatic heterocycles. The highest BCUT2D eigenvalue weighted by Gasteiger charge is 2.48. The van der Waals surface area contributed by atoms with Gasteiger partial charge in [-0.1, -0.05) is 61.5 Å². The summed E-state index contributed by atoms with van der Waals surface area (Å²) in [6, 6.07) is 17.0. The number of hydrogen-bond acceptors (Lipinski definition) is 7. The third kappa shape index (κ3) is 6.94. The molecule has 2 amide bonds. The minimum absolute atomic E-state index is 0.00306. The predicted octanol–water partition coefficient (Wildman–Crippen LogP) is 5.15. The zero-order valence-electron chi connectivity index (χ0n) is 24.3. The first-order valence-corrected chi connectivity index (χ1v) is 13.7. The summed E-state index contributed by atoms with van der Waals surface area (Å²) in [7, 11) is 0. The van der Waals surface area contributed by atoms with Gasteiger partial charge in [0.2, 0.25) is 5.91 Å². The third-order valence-corrected chi connectivity index (χ3v) is 6.80. The van der Waals surface area contributed by atoms with Crippen molar-refractivity contribution in [1.29, 1.82) is 0 Å². The van der Waals surface area contributed by atoms with Crippen molar-refractivity contribution in [3.05, 3.63) is 101 Å². The minimum Gasteiger partial charge on any atom is -0.460 e. The molecule has 0 unspecified atom stereocenters. The Morgan fingerprint density at radius 1 is 1.12 bits per heavy atom. The fourth-order valence-corrected chi connectivity index (χ4v) is 4.99. The van der Waals surface area contributed by atoms with Crippen molar-refractivity contribution in [2.75, 3.05) is 16.8 Å². The Morgan fingerprint density at radius 2 is 1.76 bits per heavy atom. The Labute approximate surface area is 245 Å². The summed E-state index contributed by atoms with van der Waals surface area (Å²) < 4.78 is 12.3. The molecule has 0 saturated heterocycles. The molecule has 0 fully saturated rings. The third-order valence-electron chi connectivity index (χ3n) is 6.80. The molecular formula is C32H36N4O6. The number of rotatable bonds is 9. The fourth-order valence-electron chi connectivity index (χ4n) is 4.99. The summed E-state index contributed by atoms with van der Waals surface area (Å²) in [5.74, 6) is -0.665. The van der Waals surface area contributed by atoms with Crippen LogP contribution in [-0.2, 0) is 31.1 Å². The summed E-state index contributed by atoms with van der Waals surface area (Å²) in [6.45, 7) is 10.8. The lowest BCUT2D eigenvalue weighted by molar-refractivity contribution is -0.156. The van der Waals surface area contributed by atoms with Gasteiger partial charge in [0.25, 0.3) is 5.56 Å². The largest absolute Gasteiger partial charge is 0.460 e. The van der Waals surface area contributed by atoms with E-state index in [9.17, 15) is 19.2 Å². The van der Waals surface area contributed by atoms with Crippen LogP contribution in [0.15, 0.2) is 84.3 Å². The number of para-hydroxylation sites is 1. The van der Waals surface area contributed by atoms with Crippen LogP contribution in [0.3, 0.4) is 0 Å². The summed E-state index contributed by atoms with van der Waals surface area (Å²) in [5.41, 5.74) is -1.05. The molecule has 1 aromatic heterocycles. The van der Waals surface area contributed by atoms with E-state index in [1.54, 1.807) is 52.0 Å². The van der Waals surface area contributed by atoms with Crippen molar-refractivity contribution < 1.29 is 23.9 Å². The highest BCUT2D eigenvalue weighted by atomic mass is 16.6. The van der Waals surface area contributed by atoms with Gasteiger partial charge in [0.15, 0.2) is 0 Å². The number of aromatic nitrogens is 2. The maximum absolute atomic E-state index is 14.1. The first kappa shape index (κ1) is 30.2. The van der Waals surface area contributed by atoms with Crippen LogP contribution < -0.4 is 15.8 Å². The van der Waals surface area contributed by atoms with Gasteiger partial charge in [0, 0.05) is 17.6 Å². The van der Waals surface area contributed by atoms with Crippen LogP contribution in [0.2, 0.25) is 0 Å². The molecule has 0 radical (unpaired) electrons. The molecule has 0 saturated carbocycles. The zero-order chi connectivity index (χ0) is 30.5. The number of amides is 2. The first-order valence-electron chi connectivity index (χ1n) is 13.7. The number of benzene rings is 2. The van der Waals surface area contributed by atoms with Gasteiger partial charge < -0.3 is 14.8 Å². The quantitative estimate of drug-likeness (QED) is 0.278. The molecule has 1 N–H and O–H groups in total. The number of carbonyl (C=O) groups is 3. The predicted molar refractivity (Wildman–Crippen MR) is 159 cm³/mol. The number of nitrogens with zero attached hydrogens (tertiary/aromatic N) is 3. The van der Waals surface area contributed by atoms with Crippen molar-refractivity contribution >= 4 is 29.3 Å². The van der Waals surface area contributed by atoms with Crippen LogP contribution in [0, 0.1) is 0 Å². The molecule has 2 atom stereocenters. The summed E-state index contributed by atoms with van der Waals surface area (Å²) in [5, 5.41) is 2.85. The lowest BCUT2D eigenvalue weighted by atomic mass is 9.82. The van der Waals surface area contributed by atoms with Gasteiger partial charge in [-0.3, -0.25) is 23.9 Å². The Bertz CT molecular complexity index is 1510. The Hall–Kier alpha value is -4.73. The maximum atomic E-state index is 14.1. The monoisotopic (exact) mass is 572 g/mol. The highest BCUT2D eigenvalue weighted by Crippen LogP contribution is 2.43. The van der Waals surface area contributed by atoms with E-state index in [1.807, 2.05) is 36.4 Å². The van der Waals surface area contributed by atoms with E-state index >= 15 is 0 Å². The lowest BCUT2D eigenvalue weighted by Crippen LogP contribution is -2.40. The molecule has 0 spiro atoms. The molecule has 1 aliphatic rings. The smallest absolute Gasteiger partial charge is 0.415 e. The van der Waals surface area contributed by atoms with E-state index in [0.717, 1.165) is 10.5 Å². The number of ether oxygens (including phenoxy) is 2. The van der Waals surface area contributed by atoms with Crippen molar-refractivity contribution in [2.45, 2.75) is 64.2 Å². The number of anilines is 2. The van der Waals surface area contributed by atoms with Crippen LogP contribution >= 0.6 is 0 Å². The average molecular weight is 573 g/mol. The molecule has 10 heteroatoms. The van der Waals surface area contributed by atoms with E-state index in [4.69, 9.17) is 9.47 Å². The van der Waals surface area contributed by atoms with Crippen LogP contribution in [0.4, 0.5) is 16.2 Å². The van der Waals surface area contributed by atoms with Crippen molar-refractivity contribution in [2.24, 2.45) is 0 Å².